The summed E-state index contributed by atoms with van der Waals surface area (Å²) in [6, 6.07) is 0. The van der Waals surface area contributed by atoms with Gasteiger partial charge in [0, 0.05) is 11.1 Å². The minimum Gasteiger partial charge on any atom is -0.0819 e. The lowest BCUT2D eigenvalue weighted by Gasteiger charge is -2.07. The molecule has 0 amide bonds. The van der Waals surface area contributed by atoms with E-state index < -0.39 is 0 Å². The fourth-order valence-electron chi connectivity index (χ4n) is 1.46. The van der Waals surface area contributed by atoms with Gasteiger partial charge in [-0.2, -0.15) is 0 Å². The Balaban J connectivity index is 2.82. The van der Waals surface area contributed by atoms with Crippen molar-refractivity contribution < 1.29 is 0 Å². The zero-order valence-corrected chi connectivity index (χ0v) is 14.1. The summed E-state index contributed by atoms with van der Waals surface area (Å²) in [4.78, 5) is 0. The molecule has 0 spiro atoms. The molecule has 0 nitrogen and oxygen atoms in total. The van der Waals surface area contributed by atoms with Gasteiger partial charge < -0.3 is 0 Å². The molecule has 0 fully saturated rings. The number of hydrogen-bond acceptors (Lipinski definition) is 0. The van der Waals surface area contributed by atoms with Gasteiger partial charge >= 0.3 is 0 Å². The topological polar surface area (TPSA) is 0 Å². The van der Waals surface area contributed by atoms with Crippen LogP contribution in [-0.4, -0.2) is 0 Å². The van der Waals surface area contributed by atoms with E-state index in [4.69, 9.17) is 92.8 Å². The lowest BCUT2D eigenvalue weighted by atomic mass is 10.1. The van der Waals surface area contributed by atoms with Crippen LogP contribution >= 0.6 is 92.8 Å². The zero-order chi connectivity index (χ0) is 13.8. The molecule has 0 saturated heterocycles. The molecule has 2 aliphatic rings. The second-order valence-corrected chi connectivity index (χ2v) is 6.29. The maximum atomic E-state index is 6.06. The van der Waals surface area contributed by atoms with Crippen LogP contribution in [0.3, 0.4) is 0 Å². The van der Waals surface area contributed by atoms with Crippen LogP contribution in [0.25, 0.3) is 0 Å². The Morgan fingerprint density at radius 1 is 0.278 bits per heavy atom. The third-order valence-corrected chi connectivity index (χ3v) is 5.89. The smallest absolute Gasteiger partial charge is 0.0800 e. The molecule has 2 aliphatic carbocycles. The largest absolute Gasteiger partial charge is 0.0819 e. The van der Waals surface area contributed by atoms with Crippen molar-refractivity contribution in [3.8, 4) is 0 Å². The van der Waals surface area contributed by atoms with Gasteiger partial charge in [-0.15, -0.1) is 0 Å². The van der Waals surface area contributed by atoms with Gasteiger partial charge in [-0.25, -0.2) is 0 Å². The van der Waals surface area contributed by atoms with Crippen LogP contribution in [0.2, 0.25) is 0 Å². The maximum Gasteiger partial charge on any atom is 0.0800 e. The highest BCUT2D eigenvalue weighted by atomic mass is 35.5. The molecular weight excluding hydrogens is 404 g/mol. The molecule has 0 N–H and O–H groups in total. The normalized spacial score (nSPS) is 21.3. The zero-order valence-electron chi connectivity index (χ0n) is 8.02. The van der Waals surface area contributed by atoms with Crippen LogP contribution in [0, 0.1) is 0 Å². The summed E-state index contributed by atoms with van der Waals surface area (Å²) in [5.41, 5.74) is 0.634. The molecule has 0 aromatic heterocycles. The third-order valence-electron chi connectivity index (χ3n) is 2.28. The highest BCUT2D eigenvalue weighted by molar-refractivity contribution is 6.58. The maximum absolute atomic E-state index is 6.06. The summed E-state index contributed by atoms with van der Waals surface area (Å²) >= 11 is 47.8. The Bertz CT molecular complexity index is 508. The molecule has 0 unspecified atom stereocenters. The van der Waals surface area contributed by atoms with Crippen molar-refractivity contribution in [2.24, 2.45) is 0 Å². The van der Waals surface area contributed by atoms with Crippen LogP contribution in [0.4, 0.5) is 0 Å². The summed E-state index contributed by atoms with van der Waals surface area (Å²) < 4.78 is 0. The summed E-state index contributed by atoms with van der Waals surface area (Å²) in [6.07, 6.45) is 0. The average molecular weight is 404 g/mol. The highest BCUT2D eigenvalue weighted by Gasteiger charge is 2.34. The predicted molar refractivity (Wildman–Crippen MR) is 82.0 cm³/mol. The van der Waals surface area contributed by atoms with E-state index >= 15 is 0 Å². The van der Waals surface area contributed by atoms with Crippen molar-refractivity contribution in [1.29, 1.82) is 0 Å². The van der Waals surface area contributed by atoms with Gasteiger partial charge in [-0.3, -0.25) is 0 Å². The molecule has 0 radical (unpaired) electrons. The van der Waals surface area contributed by atoms with Crippen LogP contribution in [0.15, 0.2) is 51.4 Å². The molecule has 0 aromatic carbocycles. The highest BCUT2D eigenvalue weighted by Crippen LogP contribution is 2.53. The second kappa shape index (κ2) is 5.42. The number of hydrogen-bond donors (Lipinski definition) is 0. The molecule has 0 bridgehead atoms. The van der Waals surface area contributed by atoms with E-state index in [1.165, 1.54) is 0 Å². The molecule has 0 aliphatic heterocycles. The second-order valence-electron chi connectivity index (χ2n) is 3.26. The van der Waals surface area contributed by atoms with Gasteiger partial charge in [0.2, 0.25) is 0 Å². The molecule has 96 valence electrons. The monoisotopic (exact) mass is 400 g/mol. The first-order valence-corrected chi connectivity index (χ1v) is 7.29. The van der Waals surface area contributed by atoms with Crippen LogP contribution in [0.5, 0.6) is 0 Å². The molecule has 18 heavy (non-hydrogen) atoms. The standard InChI is InChI=1S/C10Cl8/c11-3-1(4(12)8(16)7(3)15)2-5(13)9(17)10(18)6(2)14. The average Bonchev–Trinajstić information content (AvgIpc) is 2.64. The third kappa shape index (κ3) is 2.16. The predicted octanol–water partition coefficient (Wildman–Crippen LogP) is 7.07. The Hall–Kier alpha value is 1.02. The molecular formula is C10Cl8. The van der Waals surface area contributed by atoms with Crippen molar-refractivity contribution in [1.82, 2.24) is 0 Å². The van der Waals surface area contributed by atoms with E-state index in [0.717, 1.165) is 0 Å². The van der Waals surface area contributed by atoms with Crippen molar-refractivity contribution >= 4 is 92.8 Å². The van der Waals surface area contributed by atoms with E-state index in [1.807, 2.05) is 0 Å². The first-order valence-electron chi connectivity index (χ1n) is 4.26. The van der Waals surface area contributed by atoms with Gasteiger partial charge in [-0.05, 0) is 0 Å². The number of allylic oxidation sites excluding steroid dienone is 10. The van der Waals surface area contributed by atoms with E-state index in [2.05, 4.69) is 0 Å². The Morgan fingerprint density at radius 2 is 0.444 bits per heavy atom. The Kier molecular flexibility index (Phi) is 4.64. The number of rotatable bonds is 0. The molecule has 0 saturated carbocycles. The lowest BCUT2D eigenvalue weighted by molar-refractivity contribution is 1.53. The van der Waals surface area contributed by atoms with Crippen molar-refractivity contribution in [3.05, 3.63) is 51.4 Å². The summed E-state index contributed by atoms with van der Waals surface area (Å²) in [6.45, 7) is 0. The van der Waals surface area contributed by atoms with Crippen molar-refractivity contribution in [2.45, 2.75) is 0 Å². The Morgan fingerprint density at radius 3 is 0.611 bits per heavy atom. The fraction of sp³-hybridized carbons (Fsp3) is 0. The molecule has 8 heteroatoms. The fourth-order valence-corrected chi connectivity index (χ4v) is 3.64. The van der Waals surface area contributed by atoms with Gasteiger partial charge in [0.25, 0.3) is 0 Å². The van der Waals surface area contributed by atoms with Crippen molar-refractivity contribution in [3.63, 3.8) is 0 Å². The van der Waals surface area contributed by atoms with E-state index in [-0.39, 0.29) is 40.3 Å². The van der Waals surface area contributed by atoms with Crippen molar-refractivity contribution in [2.75, 3.05) is 0 Å². The first-order chi connectivity index (χ1) is 8.29. The first kappa shape index (κ1) is 15.4. The minimum atomic E-state index is 0.124. The van der Waals surface area contributed by atoms with E-state index in [1.54, 1.807) is 0 Å². The quantitative estimate of drug-likeness (QED) is 0.406. The molecule has 2 rings (SSSR count). The van der Waals surface area contributed by atoms with E-state index in [9.17, 15) is 0 Å². The SMILES string of the molecule is ClC1=C(Cl)C(=C2C(Cl)=C(Cl)C(Cl)=C2Cl)C(Cl)=C1Cl. The van der Waals surface area contributed by atoms with Gasteiger partial charge in [0.05, 0.1) is 40.3 Å². The molecule has 0 atom stereocenters. The molecule has 0 heterocycles. The summed E-state index contributed by atoms with van der Waals surface area (Å²) in [7, 11) is 0. The van der Waals surface area contributed by atoms with Gasteiger partial charge in [0.1, 0.15) is 0 Å². The van der Waals surface area contributed by atoms with Crippen LogP contribution in [0.1, 0.15) is 0 Å². The minimum absolute atomic E-state index is 0.124. The van der Waals surface area contributed by atoms with Gasteiger partial charge in [0.15, 0.2) is 0 Å². The summed E-state index contributed by atoms with van der Waals surface area (Å²) in [5, 5.41) is 1.08. The Labute approximate surface area is 143 Å². The molecule has 0 aromatic rings. The van der Waals surface area contributed by atoms with Gasteiger partial charge in [-0.1, -0.05) is 92.8 Å². The number of halogens is 8. The van der Waals surface area contributed by atoms with E-state index in [0.29, 0.717) is 11.1 Å². The summed E-state index contributed by atoms with van der Waals surface area (Å²) in [5.74, 6) is 0. The van der Waals surface area contributed by atoms with Crippen LogP contribution < -0.4 is 0 Å². The van der Waals surface area contributed by atoms with Crippen LogP contribution in [-0.2, 0) is 0 Å². The lowest BCUT2D eigenvalue weighted by Crippen LogP contribution is -1.90.